The van der Waals surface area contributed by atoms with Gasteiger partial charge in [-0.15, -0.1) is 0 Å². The molecule has 1 amide bonds. The average Bonchev–Trinajstić information content (AvgIpc) is 2.35. The molecule has 5 heteroatoms. The molecule has 1 fully saturated rings. The molecule has 1 aliphatic heterocycles. The number of amides is 1. The first kappa shape index (κ1) is 12.9. The molecule has 98 valence electrons. The Bertz CT molecular complexity index is 440. The van der Waals surface area contributed by atoms with Crippen molar-refractivity contribution < 1.29 is 9.90 Å². The highest BCUT2D eigenvalue weighted by Gasteiger charge is 2.18. The molecule has 1 aromatic rings. The Morgan fingerprint density at radius 3 is 2.61 bits per heavy atom. The predicted octanol–water partition coefficient (Wildman–Crippen LogP) is 0.593. The molecule has 1 aliphatic rings. The van der Waals surface area contributed by atoms with Gasteiger partial charge in [-0.1, -0.05) is 6.07 Å². The maximum atomic E-state index is 12.1. The van der Waals surface area contributed by atoms with Gasteiger partial charge in [0, 0.05) is 37.3 Å². The van der Waals surface area contributed by atoms with Crippen molar-refractivity contribution in [2.24, 2.45) is 0 Å². The largest absolute Gasteiger partial charge is 0.508 e. The smallest absolute Gasteiger partial charge is 0.265 e. The normalized spacial score (nSPS) is 17.7. The Kier molecular flexibility index (Phi) is 3.84. The fraction of sp³-hybridized carbons (Fsp3) is 0.462. The molecule has 0 spiro atoms. The molecule has 0 aliphatic carbocycles. The third-order valence-electron chi connectivity index (χ3n) is 3.31. The molecular formula is C13H19N3O2. The second-order valence-electron chi connectivity index (χ2n) is 4.68. The maximum absolute atomic E-state index is 12.1. The van der Waals surface area contributed by atoms with E-state index in [9.17, 15) is 9.90 Å². The summed E-state index contributed by atoms with van der Waals surface area (Å²) in [6.07, 6.45) is 0. The van der Waals surface area contributed by atoms with Crippen LogP contribution in [-0.2, 0) is 0 Å². The van der Waals surface area contributed by atoms with Crippen LogP contribution in [0, 0.1) is 6.92 Å². The SMILES string of the molecule is Cc1c(O)cccc1C(=O)NN1CCN(C)CC1. The van der Waals surface area contributed by atoms with E-state index in [0.717, 1.165) is 26.2 Å². The number of hydrogen-bond donors (Lipinski definition) is 2. The van der Waals surface area contributed by atoms with Crippen molar-refractivity contribution >= 4 is 5.91 Å². The van der Waals surface area contributed by atoms with Crippen LogP contribution < -0.4 is 5.43 Å². The first-order valence-corrected chi connectivity index (χ1v) is 6.11. The molecule has 5 nitrogen and oxygen atoms in total. The minimum absolute atomic E-state index is 0.154. The summed E-state index contributed by atoms with van der Waals surface area (Å²) < 4.78 is 0. The Balaban J connectivity index is 2.01. The topological polar surface area (TPSA) is 55.8 Å². The summed E-state index contributed by atoms with van der Waals surface area (Å²) in [5.41, 5.74) is 4.02. The Hall–Kier alpha value is -1.59. The summed E-state index contributed by atoms with van der Waals surface area (Å²) in [4.78, 5) is 14.3. The standard InChI is InChI=1S/C13H19N3O2/c1-10-11(4-3-5-12(10)17)13(18)14-16-8-6-15(2)7-9-16/h3-5,17H,6-9H2,1-2H3,(H,14,18). The number of nitrogens with one attached hydrogen (secondary N) is 1. The van der Waals surface area contributed by atoms with Crippen LogP contribution in [0.1, 0.15) is 15.9 Å². The molecule has 0 atom stereocenters. The lowest BCUT2D eigenvalue weighted by molar-refractivity contribution is 0.0661. The summed E-state index contributed by atoms with van der Waals surface area (Å²) >= 11 is 0. The maximum Gasteiger partial charge on any atom is 0.265 e. The van der Waals surface area contributed by atoms with E-state index in [4.69, 9.17) is 0 Å². The Morgan fingerprint density at radius 2 is 1.94 bits per heavy atom. The second kappa shape index (κ2) is 5.37. The average molecular weight is 249 g/mol. The highest BCUT2D eigenvalue weighted by atomic mass is 16.3. The third-order valence-corrected chi connectivity index (χ3v) is 3.31. The molecule has 2 N–H and O–H groups in total. The number of piperazine rings is 1. The van der Waals surface area contributed by atoms with Crippen LogP contribution in [0.25, 0.3) is 0 Å². The van der Waals surface area contributed by atoms with Crippen molar-refractivity contribution in [2.45, 2.75) is 6.92 Å². The number of phenolic OH excluding ortho intramolecular Hbond substituents is 1. The van der Waals surface area contributed by atoms with Gasteiger partial charge in [0.05, 0.1) is 0 Å². The van der Waals surface area contributed by atoms with Crippen molar-refractivity contribution in [3.63, 3.8) is 0 Å². The van der Waals surface area contributed by atoms with E-state index in [0.29, 0.717) is 11.1 Å². The first-order chi connectivity index (χ1) is 8.58. The quantitative estimate of drug-likeness (QED) is 0.805. The molecule has 1 saturated heterocycles. The van der Waals surface area contributed by atoms with E-state index in [-0.39, 0.29) is 11.7 Å². The summed E-state index contributed by atoms with van der Waals surface area (Å²) in [6.45, 7) is 5.27. The second-order valence-corrected chi connectivity index (χ2v) is 4.68. The predicted molar refractivity (Wildman–Crippen MR) is 69.4 cm³/mol. The van der Waals surface area contributed by atoms with E-state index >= 15 is 0 Å². The number of hydrogen-bond acceptors (Lipinski definition) is 4. The van der Waals surface area contributed by atoms with Crippen molar-refractivity contribution in [3.8, 4) is 5.75 Å². The monoisotopic (exact) mass is 249 g/mol. The summed E-state index contributed by atoms with van der Waals surface area (Å²) in [5.74, 6) is -0.00557. The fourth-order valence-electron chi connectivity index (χ4n) is 1.99. The molecule has 2 rings (SSSR count). The van der Waals surface area contributed by atoms with E-state index < -0.39 is 0 Å². The third kappa shape index (κ3) is 2.80. The number of phenols is 1. The Labute approximate surface area is 107 Å². The van der Waals surface area contributed by atoms with E-state index in [1.807, 2.05) is 5.01 Å². The number of carbonyl (C=O) groups excluding carboxylic acids is 1. The molecule has 1 heterocycles. The number of rotatable bonds is 2. The highest BCUT2D eigenvalue weighted by molar-refractivity contribution is 5.95. The zero-order chi connectivity index (χ0) is 13.1. The van der Waals surface area contributed by atoms with Gasteiger partial charge >= 0.3 is 0 Å². The summed E-state index contributed by atoms with van der Waals surface area (Å²) in [7, 11) is 2.07. The van der Waals surface area contributed by atoms with E-state index in [1.54, 1.807) is 25.1 Å². The summed E-state index contributed by atoms with van der Waals surface area (Å²) in [5, 5.41) is 11.5. The molecule has 0 unspecified atom stereocenters. The lowest BCUT2D eigenvalue weighted by Gasteiger charge is -2.32. The minimum atomic E-state index is -0.159. The molecule has 0 saturated carbocycles. The van der Waals surface area contributed by atoms with Crippen LogP contribution in [-0.4, -0.2) is 54.1 Å². The molecule has 0 radical (unpaired) electrons. The van der Waals surface area contributed by atoms with Crippen LogP contribution in [0.5, 0.6) is 5.75 Å². The first-order valence-electron chi connectivity index (χ1n) is 6.11. The van der Waals surface area contributed by atoms with Gasteiger partial charge in [0.2, 0.25) is 0 Å². The van der Waals surface area contributed by atoms with Crippen molar-refractivity contribution in [3.05, 3.63) is 29.3 Å². The molecule has 0 bridgehead atoms. The molecular weight excluding hydrogens is 230 g/mol. The molecule has 1 aromatic carbocycles. The van der Waals surface area contributed by atoms with Gasteiger partial charge in [-0.25, -0.2) is 5.01 Å². The molecule has 0 aromatic heterocycles. The number of likely N-dealkylation sites (N-methyl/N-ethyl adjacent to an activating group) is 1. The van der Waals surface area contributed by atoms with Crippen LogP contribution in [0.2, 0.25) is 0 Å². The van der Waals surface area contributed by atoms with Crippen molar-refractivity contribution in [1.29, 1.82) is 0 Å². The summed E-state index contributed by atoms with van der Waals surface area (Å²) in [6, 6.07) is 4.99. The van der Waals surface area contributed by atoms with Gasteiger partial charge in [0.1, 0.15) is 5.75 Å². The van der Waals surface area contributed by atoms with Gasteiger partial charge in [-0.05, 0) is 26.1 Å². The van der Waals surface area contributed by atoms with Gasteiger partial charge in [-0.3, -0.25) is 10.2 Å². The zero-order valence-electron chi connectivity index (χ0n) is 10.8. The number of carbonyl (C=O) groups is 1. The fourth-order valence-corrected chi connectivity index (χ4v) is 1.99. The zero-order valence-corrected chi connectivity index (χ0v) is 10.8. The van der Waals surface area contributed by atoms with Crippen LogP contribution >= 0.6 is 0 Å². The van der Waals surface area contributed by atoms with Gasteiger partial charge in [-0.2, -0.15) is 0 Å². The number of hydrazine groups is 1. The van der Waals surface area contributed by atoms with Crippen LogP contribution in [0.15, 0.2) is 18.2 Å². The van der Waals surface area contributed by atoms with Crippen molar-refractivity contribution in [2.75, 3.05) is 33.2 Å². The number of nitrogens with zero attached hydrogens (tertiary/aromatic N) is 2. The van der Waals surface area contributed by atoms with Crippen molar-refractivity contribution in [1.82, 2.24) is 15.3 Å². The lowest BCUT2D eigenvalue weighted by atomic mass is 10.1. The minimum Gasteiger partial charge on any atom is -0.508 e. The van der Waals surface area contributed by atoms with Gasteiger partial charge < -0.3 is 10.0 Å². The van der Waals surface area contributed by atoms with Gasteiger partial charge in [0.15, 0.2) is 0 Å². The number of benzene rings is 1. The Morgan fingerprint density at radius 1 is 1.28 bits per heavy atom. The van der Waals surface area contributed by atoms with Gasteiger partial charge in [0.25, 0.3) is 5.91 Å². The number of aromatic hydroxyl groups is 1. The van der Waals surface area contributed by atoms with Crippen LogP contribution in [0.3, 0.4) is 0 Å². The van der Waals surface area contributed by atoms with Crippen LogP contribution in [0.4, 0.5) is 0 Å². The van der Waals surface area contributed by atoms with E-state index in [1.165, 1.54) is 0 Å². The lowest BCUT2D eigenvalue weighted by Crippen LogP contribution is -2.52. The van der Waals surface area contributed by atoms with E-state index in [2.05, 4.69) is 17.4 Å². The molecule has 18 heavy (non-hydrogen) atoms. The highest BCUT2D eigenvalue weighted by Crippen LogP contribution is 2.19.